The van der Waals surface area contributed by atoms with Crippen LogP contribution in [0.2, 0.25) is 0 Å². The summed E-state index contributed by atoms with van der Waals surface area (Å²) >= 11 is 0. The van der Waals surface area contributed by atoms with Crippen LogP contribution in [0.4, 0.5) is 13.2 Å². The molecule has 0 aliphatic rings. The van der Waals surface area contributed by atoms with E-state index in [1.165, 1.54) is 51.6 Å². The van der Waals surface area contributed by atoms with E-state index in [1.807, 2.05) is 0 Å². The van der Waals surface area contributed by atoms with Gasteiger partial charge in [-0.25, -0.2) is 4.98 Å². The summed E-state index contributed by atoms with van der Waals surface area (Å²) < 4.78 is 56.8. The molecule has 0 saturated carbocycles. The van der Waals surface area contributed by atoms with Crippen molar-refractivity contribution in [1.29, 1.82) is 0 Å². The van der Waals surface area contributed by atoms with Gasteiger partial charge >= 0.3 is 12.1 Å². The molecular weight excluding hydrogens is 491 g/mol. The number of para-hydroxylation sites is 1. The van der Waals surface area contributed by atoms with E-state index in [4.69, 9.17) is 14.2 Å². The highest BCUT2D eigenvalue weighted by Gasteiger charge is 2.31. The van der Waals surface area contributed by atoms with Gasteiger partial charge in [0.1, 0.15) is 0 Å². The molecule has 4 rings (SSSR count). The van der Waals surface area contributed by atoms with Crippen molar-refractivity contribution in [2.45, 2.75) is 13.1 Å². The first-order chi connectivity index (χ1) is 17.6. The van der Waals surface area contributed by atoms with Crippen LogP contribution in [0.25, 0.3) is 22.3 Å². The van der Waals surface area contributed by atoms with Gasteiger partial charge in [-0.3, -0.25) is 9.59 Å². The number of hydrogen-bond acceptors (Lipinski definition) is 7. The van der Waals surface area contributed by atoms with Crippen LogP contribution >= 0.6 is 0 Å². The maximum Gasteiger partial charge on any atom is 0.416 e. The summed E-state index contributed by atoms with van der Waals surface area (Å²) in [7, 11) is 2.73. The molecule has 0 N–H and O–H groups in total. The second kappa shape index (κ2) is 10.1. The van der Waals surface area contributed by atoms with Crippen molar-refractivity contribution in [2.24, 2.45) is 5.10 Å². The van der Waals surface area contributed by atoms with Crippen molar-refractivity contribution in [3.05, 3.63) is 82.1 Å². The topological polar surface area (TPSA) is 92.0 Å². The number of rotatable bonds is 6. The zero-order chi connectivity index (χ0) is 26.7. The Morgan fingerprint density at radius 3 is 2.30 bits per heavy atom. The fourth-order valence-electron chi connectivity index (χ4n) is 3.60. The molecule has 0 amide bonds. The van der Waals surface area contributed by atoms with Crippen LogP contribution in [0.15, 0.2) is 70.6 Å². The third-order valence-electron chi connectivity index (χ3n) is 5.25. The molecule has 0 radical (unpaired) electrons. The Balaban J connectivity index is 1.90. The van der Waals surface area contributed by atoms with Crippen molar-refractivity contribution in [2.75, 3.05) is 14.2 Å². The van der Waals surface area contributed by atoms with E-state index in [2.05, 4.69) is 10.1 Å². The van der Waals surface area contributed by atoms with E-state index < -0.39 is 23.3 Å². The number of hydrogen-bond donors (Lipinski definition) is 0. The summed E-state index contributed by atoms with van der Waals surface area (Å²) in [6.45, 7) is 1.22. The Morgan fingerprint density at radius 2 is 1.68 bits per heavy atom. The van der Waals surface area contributed by atoms with E-state index >= 15 is 0 Å². The van der Waals surface area contributed by atoms with Crippen molar-refractivity contribution in [3.8, 4) is 28.6 Å². The van der Waals surface area contributed by atoms with Crippen LogP contribution < -0.4 is 19.8 Å². The van der Waals surface area contributed by atoms with Crippen LogP contribution in [0.5, 0.6) is 17.2 Å². The smallest absolute Gasteiger partial charge is 0.416 e. The highest BCUT2D eigenvalue weighted by molar-refractivity contribution is 5.84. The molecule has 8 nitrogen and oxygen atoms in total. The average molecular weight is 511 g/mol. The number of methoxy groups -OCH3 is 2. The van der Waals surface area contributed by atoms with E-state index in [1.54, 1.807) is 24.3 Å². The minimum atomic E-state index is -4.59. The summed E-state index contributed by atoms with van der Waals surface area (Å²) in [6, 6.07) is 13.9. The molecule has 0 fully saturated rings. The summed E-state index contributed by atoms with van der Waals surface area (Å²) in [5.74, 6) is -0.279. The van der Waals surface area contributed by atoms with Gasteiger partial charge in [0.15, 0.2) is 17.3 Å². The second-order valence-corrected chi connectivity index (χ2v) is 7.74. The maximum absolute atomic E-state index is 13.4. The molecule has 1 heterocycles. The minimum absolute atomic E-state index is 0.0511. The molecule has 3 aromatic carbocycles. The van der Waals surface area contributed by atoms with Crippen molar-refractivity contribution in [3.63, 3.8) is 0 Å². The molecule has 4 aromatic rings. The molecule has 37 heavy (non-hydrogen) atoms. The molecule has 190 valence electrons. The Labute approximate surface area is 208 Å². The molecule has 0 saturated heterocycles. The quantitative estimate of drug-likeness (QED) is 0.208. The summed E-state index contributed by atoms with van der Waals surface area (Å²) in [4.78, 5) is 29.2. The standard InChI is InChI=1S/C26H20F3N3O5/c1-15(33)37-23-21(35-2)11-16(12-22(23)36-3)14-30-32-24(17-7-6-8-18(13-17)26(27,28)29)31-20-10-5-4-9-19(20)25(32)34/h4-14H,1-3H3. The molecule has 0 bridgehead atoms. The van der Waals surface area contributed by atoms with Crippen molar-refractivity contribution in [1.82, 2.24) is 9.66 Å². The number of alkyl halides is 3. The predicted octanol–water partition coefficient (Wildman–Crippen LogP) is 4.91. The summed E-state index contributed by atoms with van der Waals surface area (Å²) in [5, 5.41) is 4.48. The van der Waals surface area contributed by atoms with Crippen molar-refractivity contribution < 1.29 is 32.2 Å². The molecule has 0 aliphatic heterocycles. The molecule has 0 atom stereocenters. The molecule has 0 unspecified atom stereocenters. The van der Waals surface area contributed by atoms with Crippen molar-refractivity contribution >= 4 is 23.1 Å². The largest absolute Gasteiger partial charge is 0.493 e. The first kappa shape index (κ1) is 25.4. The van der Waals surface area contributed by atoms with Crippen LogP contribution in [0.1, 0.15) is 18.1 Å². The molecule has 0 aliphatic carbocycles. The van der Waals surface area contributed by atoms with E-state index in [0.29, 0.717) is 11.1 Å². The number of ether oxygens (including phenoxy) is 3. The lowest BCUT2D eigenvalue weighted by Crippen LogP contribution is -2.20. The number of fused-ring (bicyclic) bond motifs is 1. The fraction of sp³-hybridized carbons (Fsp3) is 0.154. The van der Waals surface area contributed by atoms with Gasteiger partial charge in [0.2, 0.25) is 5.75 Å². The Hall–Kier alpha value is -4.67. The monoisotopic (exact) mass is 511 g/mol. The molecule has 11 heteroatoms. The van der Waals surface area contributed by atoms with Crippen LogP contribution in [0.3, 0.4) is 0 Å². The van der Waals surface area contributed by atoms with E-state index in [0.717, 1.165) is 16.8 Å². The van der Waals surface area contributed by atoms with Gasteiger partial charge in [-0.05, 0) is 36.4 Å². The maximum atomic E-state index is 13.4. The SMILES string of the molecule is COc1cc(C=Nn2c(-c3cccc(C(F)(F)F)c3)nc3ccccc3c2=O)cc(OC)c1OC(C)=O. The van der Waals surface area contributed by atoms with Gasteiger partial charge in [-0.2, -0.15) is 22.9 Å². The zero-order valence-electron chi connectivity index (χ0n) is 19.9. The third-order valence-corrected chi connectivity index (χ3v) is 5.25. The zero-order valence-corrected chi connectivity index (χ0v) is 19.9. The van der Waals surface area contributed by atoms with Gasteiger partial charge in [0.05, 0.1) is 36.9 Å². The van der Waals surface area contributed by atoms with E-state index in [-0.39, 0.29) is 34.0 Å². The lowest BCUT2D eigenvalue weighted by atomic mass is 10.1. The number of nitrogens with zero attached hydrogens (tertiary/aromatic N) is 3. The Bertz CT molecular complexity index is 1550. The first-order valence-corrected chi connectivity index (χ1v) is 10.8. The van der Waals surface area contributed by atoms with Gasteiger partial charge < -0.3 is 14.2 Å². The number of esters is 1. The Morgan fingerprint density at radius 1 is 1.00 bits per heavy atom. The van der Waals surface area contributed by atoms with Gasteiger partial charge in [-0.1, -0.05) is 24.3 Å². The minimum Gasteiger partial charge on any atom is -0.493 e. The molecular formula is C26H20F3N3O5. The van der Waals surface area contributed by atoms with E-state index in [9.17, 15) is 22.8 Å². The number of benzene rings is 3. The highest BCUT2D eigenvalue weighted by atomic mass is 19.4. The van der Waals surface area contributed by atoms with Gasteiger partial charge in [0.25, 0.3) is 5.56 Å². The number of aromatic nitrogens is 2. The highest BCUT2D eigenvalue weighted by Crippen LogP contribution is 2.38. The number of halogens is 3. The summed E-state index contributed by atoms with van der Waals surface area (Å²) in [5.41, 5.74) is -0.724. The molecule has 1 aromatic heterocycles. The third kappa shape index (κ3) is 5.30. The average Bonchev–Trinajstić information content (AvgIpc) is 2.87. The van der Waals surface area contributed by atoms with Crippen LogP contribution in [0, 0.1) is 0 Å². The lowest BCUT2D eigenvalue weighted by Gasteiger charge is -2.14. The number of carbonyl (C=O) groups is 1. The Kier molecular flexibility index (Phi) is 6.96. The van der Waals surface area contributed by atoms with Crippen LogP contribution in [-0.4, -0.2) is 36.1 Å². The molecule has 0 spiro atoms. The lowest BCUT2D eigenvalue weighted by molar-refractivity contribution is -0.137. The second-order valence-electron chi connectivity index (χ2n) is 7.74. The van der Waals surface area contributed by atoms with Crippen LogP contribution in [-0.2, 0) is 11.0 Å². The predicted molar refractivity (Wildman–Crippen MR) is 130 cm³/mol. The van der Waals surface area contributed by atoms with Gasteiger partial charge in [0, 0.05) is 18.1 Å². The van der Waals surface area contributed by atoms with Gasteiger partial charge in [-0.15, -0.1) is 0 Å². The first-order valence-electron chi connectivity index (χ1n) is 10.8. The fourth-order valence-corrected chi connectivity index (χ4v) is 3.60. The normalized spacial score (nSPS) is 11.6. The summed E-state index contributed by atoms with van der Waals surface area (Å²) in [6.07, 6.45) is -3.30. The number of carbonyl (C=O) groups excluding carboxylic acids is 1.